The summed E-state index contributed by atoms with van der Waals surface area (Å²) in [5.41, 5.74) is 11.9. The van der Waals surface area contributed by atoms with E-state index in [-0.39, 0.29) is 24.3 Å². The van der Waals surface area contributed by atoms with Gasteiger partial charge in [-0.2, -0.15) is 12.6 Å². The number of hydrogen-bond donors (Lipinski definition) is 9. The monoisotopic (exact) mass is 535 g/mol. The second-order valence-electron chi connectivity index (χ2n) is 8.13. The highest BCUT2D eigenvalue weighted by molar-refractivity contribution is 7.80. The Hall–Kier alpha value is -4.11. The predicted molar refractivity (Wildman–Crippen MR) is 133 cm³/mol. The number of carbonyl (C=O) groups excluding carboxylic acids is 4. The van der Waals surface area contributed by atoms with Gasteiger partial charge in [-0.3, -0.25) is 19.2 Å². The van der Waals surface area contributed by atoms with Crippen LogP contribution in [0.3, 0.4) is 0 Å². The standard InChI is InChI=1S/C22H29N7O7S/c23-14(9-37)19(32)27-15(5-11-1-3-13(30)4-2-11)20(33)28-16(7-18(24)31)21(34)29-17(22(35)36)6-12-8-25-10-26-12/h1-4,8,10,14-17,30,37H,5-7,9,23H2,(H2,24,31)(H,25,26)(H,27,32)(H,28,33)(H,29,34)(H,35,36). The average Bonchev–Trinajstić information content (AvgIpc) is 3.36. The van der Waals surface area contributed by atoms with E-state index in [1.165, 1.54) is 36.8 Å². The number of amides is 4. The minimum atomic E-state index is -1.54. The van der Waals surface area contributed by atoms with Crippen LogP contribution in [0.1, 0.15) is 17.7 Å². The minimum absolute atomic E-state index is 0.000996. The Balaban J connectivity index is 2.21. The van der Waals surface area contributed by atoms with Crippen LogP contribution in [-0.2, 0) is 36.8 Å². The molecule has 10 N–H and O–H groups in total. The summed E-state index contributed by atoms with van der Waals surface area (Å²) in [6, 6.07) is 0.629. The number of carbonyl (C=O) groups is 5. The molecule has 0 bridgehead atoms. The predicted octanol–water partition coefficient (Wildman–Crippen LogP) is -2.43. The number of H-pyrrole nitrogens is 1. The number of phenolic OH excluding ortho intramolecular Hbond substituents is 1. The number of thiol groups is 1. The topological polar surface area (TPSA) is 243 Å². The fraction of sp³-hybridized carbons (Fsp3) is 0.364. The first kappa shape index (κ1) is 29.1. The lowest BCUT2D eigenvalue weighted by Gasteiger charge is -2.24. The highest BCUT2D eigenvalue weighted by atomic mass is 32.1. The largest absolute Gasteiger partial charge is 0.508 e. The van der Waals surface area contributed by atoms with Crippen molar-refractivity contribution >= 4 is 42.2 Å². The zero-order valence-corrected chi connectivity index (χ0v) is 20.5. The molecule has 1 aromatic carbocycles. The molecule has 37 heavy (non-hydrogen) atoms. The third-order valence-corrected chi connectivity index (χ3v) is 5.57. The van der Waals surface area contributed by atoms with E-state index < -0.39 is 60.2 Å². The number of benzene rings is 1. The summed E-state index contributed by atoms with van der Waals surface area (Å²) in [6.45, 7) is 0. The van der Waals surface area contributed by atoms with Crippen molar-refractivity contribution in [3.8, 4) is 5.75 Å². The van der Waals surface area contributed by atoms with Crippen LogP contribution < -0.4 is 27.4 Å². The third-order valence-electron chi connectivity index (χ3n) is 5.17. The molecule has 14 nitrogen and oxygen atoms in total. The lowest BCUT2D eigenvalue weighted by Crippen LogP contribution is -2.58. The molecule has 0 spiro atoms. The quantitative estimate of drug-likeness (QED) is 0.117. The van der Waals surface area contributed by atoms with E-state index in [9.17, 15) is 34.2 Å². The lowest BCUT2D eigenvalue weighted by atomic mass is 10.0. The molecule has 4 unspecified atom stereocenters. The number of rotatable bonds is 14. The zero-order valence-electron chi connectivity index (χ0n) is 19.6. The fourth-order valence-corrected chi connectivity index (χ4v) is 3.38. The minimum Gasteiger partial charge on any atom is -0.508 e. The molecule has 200 valence electrons. The molecule has 4 amide bonds. The van der Waals surface area contributed by atoms with Gasteiger partial charge >= 0.3 is 5.97 Å². The Morgan fingerprint density at radius 1 is 0.946 bits per heavy atom. The maximum absolute atomic E-state index is 13.1. The number of nitrogens with one attached hydrogen (secondary N) is 4. The highest BCUT2D eigenvalue weighted by Gasteiger charge is 2.31. The summed E-state index contributed by atoms with van der Waals surface area (Å²) in [5.74, 6) is -4.81. The van der Waals surface area contributed by atoms with Crippen LogP contribution >= 0.6 is 12.6 Å². The molecule has 15 heteroatoms. The van der Waals surface area contributed by atoms with Gasteiger partial charge in [-0.15, -0.1) is 0 Å². The van der Waals surface area contributed by atoms with Gasteiger partial charge in [0.1, 0.15) is 23.9 Å². The fourth-order valence-electron chi connectivity index (χ4n) is 3.21. The number of hydrogen-bond acceptors (Lipinski definition) is 9. The van der Waals surface area contributed by atoms with Gasteiger partial charge in [-0.1, -0.05) is 12.1 Å². The van der Waals surface area contributed by atoms with Gasteiger partial charge in [0.2, 0.25) is 23.6 Å². The molecule has 0 fully saturated rings. The number of aliphatic carboxylic acids is 1. The van der Waals surface area contributed by atoms with Gasteiger partial charge in [0, 0.05) is 30.5 Å². The Labute approximate surface area is 217 Å². The number of imidazole rings is 1. The molecule has 1 heterocycles. The molecule has 2 aromatic rings. The van der Waals surface area contributed by atoms with Gasteiger partial charge in [0.05, 0.1) is 18.8 Å². The smallest absolute Gasteiger partial charge is 0.326 e. The molecule has 0 saturated heterocycles. The van der Waals surface area contributed by atoms with Crippen molar-refractivity contribution in [1.82, 2.24) is 25.9 Å². The second-order valence-corrected chi connectivity index (χ2v) is 8.50. The number of aromatic nitrogens is 2. The zero-order chi connectivity index (χ0) is 27.5. The second kappa shape index (κ2) is 13.8. The van der Waals surface area contributed by atoms with Crippen molar-refractivity contribution in [3.63, 3.8) is 0 Å². The summed E-state index contributed by atoms with van der Waals surface area (Å²) < 4.78 is 0. The first-order valence-electron chi connectivity index (χ1n) is 11.0. The SMILES string of the molecule is NC(=O)CC(NC(=O)C(Cc1ccc(O)cc1)NC(=O)C(N)CS)C(=O)NC(Cc1cnc[nH]1)C(=O)O. The number of nitrogens with two attached hydrogens (primary N) is 2. The van der Waals surface area contributed by atoms with Crippen molar-refractivity contribution in [1.29, 1.82) is 0 Å². The molecule has 1 aromatic heterocycles. The van der Waals surface area contributed by atoms with Crippen molar-refractivity contribution in [2.75, 3.05) is 5.75 Å². The number of aromatic amines is 1. The summed E-state index contributed by atoms with van der Waals surface area (Å²) in [7, 11) is 0. The van der Waals surface area contributed by atoms with Crippen LogP contribution in [-0.4, -0.2) is 79.7 Å². The Morgan fingerprint density at radius 3 is 2.08 bits per heavy atom. The van der Waals surface area contributed by atoms with Gasteiger partial charge in [-0.25, -0.2) is 9.78 Å². The molecule has 0 aliphatic rings. The Kier molecular flexibility index (Phi) is 10.9. The summed E-state index contributed by atoms with van der Waals surface area (Å²) in [6.07, 6.45) is 1.90. The third kappa shape index (κ3) is 9.46. The van der Waals surface area contributed by atoms with Crippen molar-refractivity contribution in [3.05, 3.63) is 48.0 Å². The van der Waals surface area contributed by atoms with E-state index in [2.05, 4.69) is 38.5 Å². The van der Waals surface area contributed by atoms with Gasteiger partial charge in [0.15, 0.2) is 0 Å². The first-order chi connectivity index (χ1) is 17.5. The Bertz CT molecular complexity index is 1100. The normalized spacial score (nSPS) is 14.0. The van der Waals surface area contributed by atoms with E-state index >= 15 is 0 Å². The van der Waals surface area contributed by atoms with Crippen molar-refractivity contribution < 1.29 is 34.2 Å². The van der Waals surface area contributed by atoms with Gasteiger partial charge < -0.3 is 42.6 Å². The van der Waals surface area contributed by atoms with E-state index in [1.807, 2.05) is 0 Å². The summed E-state index contributed by atoms with van der Waals surface area (Å²) in [4.78, 5) is 68.2. The number of carboxylic acid groups (broad SMARTS) is 1. The first-order valence-corrected chi connectivity index (χ1v) is 11.7. The van der Waals surface area contributed by atoms with Crippen LogP contribution in [0.5, 0.6) is 5.75 Å². The number of phenols is 1. The molecule has 0 saturated carbocycles. The van der Waals surface area contributed by atoms with E-state index in [0.717, 1.165) is 0 Å². The van der Waals surface area contributed by atoms with Gasteiger partial charge in [0.25, 0.3) is 0 Å². The van der Waals surface area contributed by atoms with Crippen LogP contribution in [0, 0.1) is 0 Å². The number of primary amides is 1. The molecular weight excluding hydrogens is 506 g/mol. The van der Waals surface area contributed by atoms with Crippen LogP contribution in [0.2, 0.25) is 0 Å². The molecule has 0 aliphatic carbocycles. The van der Waals surface area contributed by atoms with Crippen molar-refractivity contribution in [2.45, 2.75) is 43.4 Å². The lowest BCUT2D eigenvalue weighted by molar-refractivity contribution is -0.142. The van der Waals surface area contributed by atoms with Crippen LogP contribution in [0.25, 0.3) is 0 Å². The number of carboxylic acids is 1. The van der Waals surface area contributed by atoms with Crippen molar-refractivity contribution in [2.24, 2.45) is 11.5 Å². The van der Waals surface area contributed by atoms with E-state index in [1.54, 1.807) is 0 Å². The molecule has 2 rings (SSSR count). The van der Waals surface area contributed by atoms with E-state index in [0.29, 0.717) is 11.3 Å². The average molecular weight is 536 g/mol. The van der Waals surface area contributed by atoms with Gasteiger partial charge in [-0.05, 0) is 17.7 Å². The Morgan fingerprint density at radius 2 is 1.54 bits per heavy atom. The number of aromatic hydroxyl groups is 1. The maximum Gasteiger partial charge on any atom is 0.326 e. The molecule has 0 aliphatic heterocycles. The summed E-state index contributed by atoms with van der Waals surface area (Å²) in [5, 5.41) is 26.1. The molecule has 4 atom stereocenters. The number of nitrogens with zero attached hydrogens (tertiary/aromatic N) is 1. The maximum atomic E-state index is 13.1. The highest BCUT2D eigenvalue weighted by Crippen LogP contribution is 2.12. The summed E-state index contributed by atoms with van der Waals surface area (Å²) >= 11 is 3.97. The van der Waals surface area contributed by atoms with Crippen LogP contribution in [0.4, 0.5) is 0 Å². The van der Waals surface area contributed by atoms with Crippen LogP contribution in [0.15, 0.2) is 36.8 Å². The van der Waals surface area contributed by atoms with E-state index in [4.69, 9.17) is 11.5 Å². The molecule has 0 radical (unpaired) electrons. The molecular formula is C22H29N7O7S.